The highest BCUT2D eigenvalue weighted by Gasteiger charge is 2.07. The zero-order chi connectivity index (χ0) is 11.7. The monoisotopic (exact) mass is 214 g/mol. The Hall–Kier alpha value is -2.03. The summed E-state index contributed by atoms with van der Waals surface area (Å²) in [6, 6.07) is 3.60. The van der Waals surface area contributed by atoms with Crippen molar-refractivity contribution in [2.24, 2.45) is 0 Å². The number of allylic oxidation sites excluding steroid dienone is 3. The Kier molecular flexibility index (Phi) is 2.52. The molecule has 0 amide bonds. The van der Waals surface area contributed by atoms with Crippen LogP contribution in [0.1, 0.15) is 11.3 Å². The Bertz CT molecular complexity index is 534. The minimum atomic E-state index is -0.0284. The van der Waals surface area contributed by atoms with Crippen LogP contribution >= 0.6 is 0 Å². The molecule has 0 aliphatic carbocycles. The van der Waals surface area contributed by atoms with Gasteiger partial charge in [0.2, 0.25) is 0 Å². The van der Waals surface area contributed by atoms with E-state index in [9.17, 15) is 4.79 Å². The average Bonchev–Trinajstić information content (AvgIpc) is 2.19. The summed E-state index contributed by atoms with van der Waals surface area (Å²) in [5.41, 5.74) is 2.79. The minimum absolute atomic E-state index is 0.0284. The fourth-order valence-corrected chi connectivity index (χ4v) is 1.74. The molecule has 2 heterocycles. The van der Waals surface area contributed by atoms with Crippen molar-refractivity contribution in [3.8, 4) is 0 Å². The van der Waals surface area contributed by atoms with Crippen molar-refractivity contribution in [2.75, 3.05) is 5.01 Å². The van der Waals surface area contributed by atoms with E-state index in [1.54, 1.807) is 15.8 Å². The van der Waals surface area contributed by atoms with Crippen LogP contribution in [0.2, 0.25) is 0 Å². The summed E-state index contributed by atoms with van der Waals surface area (Å²) >= 11 is 0. The first kappa shape index (κ1) is 10.5. The van der Waals surface area contributed by atoms with Crippen LogP contribution < -0.4 is 10.6 Å². The van der Waals surface area contributed by atoms with Gasteiger partial charge in [-0.1, -0.05) is 6.58 Å². The van der Waals surface area contributed by atoms with E-state index in [1.165, 1.54) is 0 Å². The lowest BCUT2D eigenvalue weighted by atomic mass is 10.2. The summed E-state index contributed by atoms with van der Waals surface area (Å²) in [6.07, 6.45) is 7.38. The molecule has 16 heavy (non-hydrogen) atoms. The molecule has 1 aliphatic heterocycles. The van der Waals surface area contributed by atoms with Crippen LogP contribution in [-0.2, 0) is 0 Å². The van der Waals surface area contributed by atoms with Gasteiger partial charge in [0.25, 0.3) is 5.56 Å². The average molecular weight is 214 g/mol. The van der Waals surface area contributed by atoms with E-state index in [0.29, 0.717) is 0 Å². The molecule has 0 N–H and O–H groups in total. The van der Waals surface area contributed by atoms with Crippen molar-refractivity contribution in [1.29, 1.82) is 0 Å². The summed E-state index contributed by atoms with van der Waals surface area (Å²) in [4.78, 5) is 11.9. The maximum atomic E-state index is 11.9. The molecule has 2 rings (SSSR count). The lowest BCUT2D eigenvalue weighted by Gasteiger charge is -2.23. The highest BCUT2D eigenvalue weighted by atomic mass is 16.1. The Morgan fingerprint density at radius 1 is 1.12 bits per heavy atom. The molecule has 3 heteroatoms. The number of hydrogen-bond donors (Lipinski definition) is 0. The van der Waals surface area contributed by atoms with Gasteiger partial charge in [0.05, 0.1) is 0 Å². The number of nitrogens with zero attached hydrogens (tertiary/aromatic N) is 2. The molecule has 0 spiro atoms. The lowest BCUT2D eigenvalue weighted by molar-refractivity contribution is 0.727. The standard InChI is InChI=1S/C13H14N2O/c1-10-4-6-14(7-5-10)15-12(3)8-11(2)9-13(15)16/h4-9H,1H2,2-3H3. The topological polar surface area (TPSA) is 25.2 Å². The highest BCUT2D eigenvalue weighted by molar-refractivity contribution is 5.37. The predicted molar refractivity (Wildman–Crippen MR) is 65.8 cm³/mol. The molecular formula is C13H14N2O. The molecule has 0 saturated carbocycles. The molecule has 0 fully saturated rings. The second-order valence-corrected chi connectivity index (χ2v) is 3.91. The third kappa shape index (κ3) is 1.84. The van der Waals surface area contributed by atoms with Gasteiger partial charge in [-0.2, -0.15) is 0 Å². The summed E-state index contributed by atoms with van der Waals surface area (Å²) in [5, 5.41) is 1.76. The van der Waals surface area contributed by atoms with Crippen molar-refractivity contribution in [1.82, 2.24) is 4.68 Å². The van der Waals surface area contributed by atoms with Crippen molar-refractivity contribution in [3.63, 3.8) is 0 Å². The Balaban J connectivity index is 2.50. The molecule has 0 bridgehead atoms. The maximum absolute atomic E-state index is 11.9. The van der Waals surface area contributed by atoms with E-state index in [-0.39, 0.29) is 5.56 Å². The normalized spacial score (nSPS) is 14.6. The van der Waals surface area contributed by atoms with Crippen molar-refractivity contribution < 1.29 is 0 Å². The Morgan fingerprint density at radius 3 is 2.31 bits per heavy atom. The maximum Gasteiger partial charge on any atom is 0.270 e. The number of aromatic nitrogens is 1. The van der Waals surface area contributed by atoms with E-state index in [4.69, 9.17) is 0 Å². The van der Waals surface area contributed by atoms with Crippen molar-refractivity contribution >= 4 is 0 Å². The summed E-state index contributed by atoms with van der Waals surface area (Å²) < 4.78 is 1.62. The smallest absolute Gasteiger partial charge is 0.267 e. The van der Waals surface area contributed by atoms with Gasteiger partial charge in [-0.05, 0) is 43.2 Å². The van der Waals surface area contributed by atoms with Gasteiger partial charge in [-0.25, -0.2) is 4.68 Å². The lowest BCUT2D eigenvalue weighted by Crippen LogP contribution is -2.36. The number of pyridine rings is 1. The zero-order valence-electron chi connectivity index (χ0n) is 9.47. The van der Waals surface area contributed by atoms with E-state index in [0.717, 1.165) is 16.8 Å². The summed E-state index contributed by atoms with van der Waals surface area (Å²) in [7, 11) is 0. The molecule has 82 valence electrons. The van der Waals surface area contributed by atoms with Gasteiger partial charge in [0.15, 0.2) is 0 Å². The van der Waals surface area contributed by atoms with Crippen LogP contribution in [0.25, 0.3) is 0 Å². The van der Waals surface area contributed by atoms with Crippen LogP contribution in [0, 0.1) is 13.8 Å². The van der Waals surface area contributed by atoms with Crippen LogP contribution in [0.3, 0.4) is 0 Å². The van der Waals surface area contributed by atoms with Crippen LogP contribution in [0.5, 0.6) is 0 Å². The van der Waals surface area contributed by atoms with Gasteiger partial charge < -0.3 is 0 Å². The van der Waals surface area contributed by atoms with Crippen LogP contribution in [-0.4, -0.2) is 4.68 Å². The largest absolute Gasteiger partial charge is 0.270 e. The van der Waals surface area contributed by atoms with Crippen LogP contribution in [0.4, 0.5) is 0 Å². The zero-order valence-corrected chi connectivity index (χ0v) is 9.47. The molecular weight excluding hydrogens is 200 g/mol. The van der Waals surface area contributed by atoms with Gasteiger partial charge in [0, 0.05) is 24.2 Å². The van der Waals surface area contributed by atoms with E-state index < -0.39 is 0 Å². The van der Waals surface area contributed by atoms with E-state index >= 15 is 0 Å². The first-order chi connectivity index (χ1) is 7.58. The number of rotatable bonds is 1. The molecule has 1 aliphatic rings. The van der Waals surface area contributed by atoms with Gasteiger partial charge >= 0.3 is 0 Å². The van der Waals surface area contributed by atoms with Crippen molar-refractivity contribution in [3.05, 3.63) is 70.4 Å². The minimum Gasteiger partial charge on any atom is -0.267 e. The highest BCUT2D eigenvalue weighted by Crippen LogP contribution is 2.08. The molecule has 0 radical (unpaired) electrons. The van der Waals surface area contributed by atoms with Gasteiger partial charge in [0.1, 0.15) is 0 Å². The van der Waals surface area contributed by atoms with Crippen molar-refractivity contribution in [2.45, 2.75) is 13.8 Å². The summed E-state index contributed by atoms with van der Waals surface area (Å²) in [6.45, 7) is 7.65. The Labute approximate surface area is 94.6 Å². The van der Waals surface area contributed by atoms with E-state index in [2.05, 4.69) is 6.58 Å². The second-order valence-electron chi connectivity index (χ2n) is 3.91. The fourth-order valence-electron chi connectivity index (χ4n) is 1.74. The fraction of sp³-hybridized carbons (Fsp3) is 0.154. The second kappa shape index (κ2) is 3.85. The predicted octanol–water partition coefficient (Wildman–Crippen LogP) is 2.00. The molecule has 1 aromatic rings. The number of aryl methyl sites for hydroxylation is 2. The molecule has 0 aromatic carbocycles. The SMILES string of the molecule is C=C1C=CN(n2c(C)cc(C)cc2=O)C=C1. The van der Waals surface area contributed by atoms with Gasteiger partial charge in [-0.3, -0.25) is 9.80 Å². The summed E-state index contributed by atoms with van der Waals surface area (Å²) in [5.74, 6) is 0. The quantitative estimate of drug-likeness (QED) is 0.714. The third-order valence-electron chi connectivity index (χ3n) is 2.44. The molecule has 3 nitrogen and oxygen atoms in total. The Morgan fingerprint density at radius 2 is 1.75 bits per heavy atom. The molecule has 0 atom stereocenters. The molecule has 0 saturated heterocycles. The van der Waals surface area contributed by atoms with E-state index in [1.807, 2.05) is 44.5 Å². The van der Waals surface area contributed by atoms with Gasteiger partial charge in [-0.15, -0.1) is 0 Å². The third-order valence-corrected chi connectivity index (χ3v) is 2.44. The first-order valence-corrected chi connectivity index (χ1v) is 5.12. The van der Waals surface area contributed by atoms with Crippen LogP contribution in [0.15, 0.2) is 53.6 Å². The first-order valence-electron chi connectivity index (χ1n) is 5.12. The number of hydrogen-bond acceptors (Lipinski definition) is 2. The molecule has 0 unspecified atom stereocenters. The molecule has 1 aromatic heterocycles.